The third-order valence-corrected chi connectivity index (χ3v) is 7.15. The van der Waals surface area contributed by atoms with Crippen molar-refractivity contribution in [3.05, 3.63) is 97.9 Å². The van der Waals surface area contributed by atoms with E-state index in [1.54, 1.807) is 24.3 Å². The van der Waals surface area contributed by atoms with Crippen molar-refractivity contribution in [1.82, 2.24) is 4.90 Å². The number of thioether (sulfide) groups is 1. The second-order valence-corrected chi connectivity index (χ2v) is 10.4. The Morgan fingerprint density at radius 2 is 1.81 bits per heavy atom. The number of benzene rings is 3. The van der Waals surface area contributed by atoms with E-state index in [4.69, 9.17) is 4.74 Å². The smallest absolute Gasteiger partial charge is 0.293 e. The lowest BCUT2D eigenvalue weighted by Crippen LogP contribution is -2.27. The highest BCUT2D eigenvalue weighted by atomic mass is 79.9. The Morgan fingerprint density at radius 1 is 1.03 bits per heavy atom. The number of anilines is 1. The zero-order chi connectivity index (χ0) is 25.8. The Labute approximate surface area is 222 Å². The predicted molar refractivity (Wildman–Crippen MR) is 147 cm³/mol. The molecule has 8 heteroatoms. The maximum absolute atomic E-state index is 13.1. The van der Waals surface area contributed by atoms with Gasteiger partial charge in [-0.05, 0) is 85.1 Å². The Morgan fingerprint density at radius 3 is 2.58 bits per heavy atom. The summed E-state index contributed by atoms with van der Waals surface area (Å²) in [4.78, 5) is 39.8. The molecule has 0 atom stereocenters. The standard InChI is InChI=1S/C28H25BrN2O4S/c1-17-8-9-19(3)23(12-17)30-26(32)16-35-24-11-10-22(29)13-21(24)14-25-27(33)31(28(34)36-25)15-20-7-5-4-6-18(20)2/h4-14H,15-16H2,1-3H3,(H,30,32)/b25-14-. The number of ether oxygens (including phenoxy) is 1. The molecule has 1 N–H and O–H groups in total. The van der Waals surface area contributed by atoms with Gasteiger partial charge >= 0.3 is 0 Å². The normalized spacial score (nSPS) is 14.4. The van der Waals surface area contributed by atoms with Gasteiger partial charge in [-0.15, -0.1) is 0 Å². The topological polar surface area (TPSA) is 75.7 Å². The molecule has 6 nitrogen and oxygen atoms in total. The van der Waals surface area contributed by atoms with Gasteiger partial charge < -0.3 is 10.1 Å². The van der Waals surface area contributed by atoms with E-state index in [9.17, 15) is 14.4 Å². The monoisotopic (exact) mass is 564 g/mol. The first-order valence-corrected chi connectivity index (χ1v) is 12.9. The van der Waals surface area contributed by atoms with Crippen LogP contribution in [0.4, 0.5) is 10.5 Å². The summed E-state index contributed by atoms with van der Waals surface area (Å²) >= 11 is 4.34. The molecule has 1 saturated heterocycles. The van der Waals surface area contributed by atoms with Crippen LogP contribution in [0.2, 0.25) is 0 Å². The fourth-order valence-electron chi connectivity index (χ4n) is 3.70. The third-order valence-electron chi connectivity index (χ3n) is 5.75. The maximum atomic E-state index is 13.1. The summed E-state index contributed by atoms with van der Waals surface area (Å²) in [7, 11) is 0. The number of aryl methyl sites for hydroxylation is 3. The molecule has 1 fully saturated rings. The van der Waals surface area contributed by atoms with Gasteiger partial charge in [-0.25, -0.2) is 0 Å². The number of halogens is 1. The molecule has 3 aromatic carbocycles. The molecular formula is C28H25BrN2O4S. The maximum Gasteiger partial charge on any atom is 0.293 e. The summed E-state index contributed by atoms with van der Waals surface area (Å²) in [6, 6.07) is 18.8. The number of nitrogens with one attached hydrogen (secondary N) is 1. The lowest BCUT2D eigenvalue weighted by atomic mass is 10.1. The minimum atomic E-state index is -0.355. The first kappa shape index (κ1) is 25.7. The second kappa shape index (κ2) is 11.1. The molecule has 0 unspecified atom stereocenters. The van der Waals surface area contributed by atoms with Gasteiger partial charge in [0, 0.05) is 15.7 Å². The minimum absolute atomic E-state index is 0.204. The van der Waals surface area contributed by atoms with E-state index in [1.807, 2.05) is 63.2 Å². The van der Waals surface area contributed by atoms with Crippen molar-refractivity contribution in [3.8, 4) is 5.75 Å². The number of hydrogen-bond acceptors (Lipinski definition) is 5. The molecule has 4 rings (SSSR count). The SMILES string of the molecule is Cc1ccc(C)c(NC(=O)COc2ccc(Br)cc2/C=C2\SC(=O)N(Cc3ccccc3C)C2=O)c1. The van der Waals surface area contributed by atoms with Crippen molar-refractivity contribution < 1.29 is 19.1 Å². The molecule has 3 aromatic rings. The third kappa shape index (κ3) is 6.06. The molecule has 1 aliphatic rings. The Hall–Kier alpha value is -3.36. The molecule has 1 heterocycles. The van der Waals surface area contributed by atoms with Gasteiger partial charge in [-0.2, -0.15) is 0 Å². The van der Waals surface area contributed by atoms with E-state index in [2.05, 4.69) is 21.2 Å². The summed E-state index contributed by atoms with van der Waals surface area (Å²) in [5, 5.41) is 2.55. The number of nitrogens with zero attached hydrogens (tertiary/aromatic N) is 1. The lowest BCUT2D eigenvalue weighted by Gasteiger charge is -2.14. The van der Waals surface area contributed by atoms with Gasteiger partial charge in [0.15, 0.2) is 6.61 Å². The molecule has 3 amide bonds. The Balaban J connectivity index is 1.49. The van der Waals surface area contributed by atoms with Gasteiger partial charge in [-0.3, -0.25) is 19.3 Å². The van der Waals surface area contributed by atoms with Crippen LogP contribution in [0.15, 0.2) is 70.0 Å². The van der Waals surface area contributed by atoms with Gasteiger partial charge in [0.05, 0.1) is 11.4 Å². The summed E-state index contributed by atoms with van der Waals surface area (Å²) < 4.78 is 6.59. The molecule has 36 heavy (non-hydrogen) atoms. The number of amides is 3. The molecule has 0 radical (unpaired) electrons. The summed E-state index contributed by atoms with van der Waals surface area (Å²) in [5.41, 5.74) is 5.26. The van der Waals surface area contributed by atoms with E-state index in [0.717, 1.165) is 44.2 Å². The first-order valence-electron chi connectivity index (χ1n) is 11.3. The van der Waals surface area contributed by atoms with Crippen LogP contribution in [0, 0.1) is 20.8 Å². The highest BCUT2D eigenvalue weighted by molar-refractivity contribution is 9.10. The predicted octanol–water partition coefficient (Wildman–Crippen LogP) is 6.63. The fourth-order valence-corrected chi connectivity index (χ4v) is 4.91. The minimum Gasteiger partial charge on any atom is -0.483 e. The van der Waals surface area contributed by atoms with Crippen LogP contribution in [0.25, 0.3) is 6.08 Å². The van der Waals surface area contributed by atoms with Crippen molar-refractivity contribution in [1.29, 1.82) is 0 Å². The molecular weight excluding hydrogens is 540 g/mol. The van der Waals surface area contributed by atoms with Crippen LogP contribution in [-0.4, -0.2) is 28.6 Å². The summed E-state index contributed by atoms with van der Waals surface area (Å²) in [5.74, 6) is -0.219. The van der Waals surface area contributed by atoms with Gasteiger partial charge in [0.1, 0.15) is 5.75 Å². The van der Waals surface area contributed by atoms with Crippen LogP contribution >= 0.6 is 27.7 Å². The van der Waals surface area contributed by atoms with Crippen molar-refractivity contribution in [2.24, 2.45) is 0 Å². The zero-order valence-electron chi connectivity index (χ0n) is 20.1. The van der Waals surface area contributed by atoms with E-state index < -0.39 is 0 Å². The molecule has 0 saturated carbocycles. The fraction of sp³-hybridized carbons (Fsp3) is 0.179. The van der Waals surface area contributed by atoms with Crippen LogP contribution in [0.5, 0.6) is 5.75 Å². The van der Waals surface area contributed by atoms with Crippen LogP contribution in [0.3, 0.4) is 0 Å². The molecule has 0 aliphatic carbocycles. The highest BCUT2D eigenvalue weighted by Gasteiger charge is 2.35. The average Bonchev–Trinajstić information content (AvgIpc) is 3.09. The number of hydrogen-bond donors (Lipinski definition) is 1. The molecule has 184 valence electrons. The Kier molecular flexibility index (Phi) is 7.96. The number of carbonyl (C=O) groups is 3. The van der Waals surface area contributed by atoms with Crippen molar-refractivity contribution >= 4 is 56.5 Å². The lowest BCUT2D eigenvalue weighted by molar-refractivity contribution is -0.123. The van der Waals surface area contributed by atoms with Crippen LogP contribution < -0.4 is 10.1 Å². The van der Waals surface area contributed by atoms with E-state index >= 15 is 0 Å². The first-order chi connectivity index (χ1) is 17.2. The largest absolute Gasteiger partial charge is 0.483 e. The zero-order valence-corrected chi connectivity index (χ0v) is 22.5. The molecule has 1 aliphatic heterocycles. The van der Waals surface area contributed by atoms with Crippen LogP contribution in [0.1, 0.15) is 27.8 Å². The highest BCUT2D eigenvalue weighted by Crippen LogP contribution is 2.36. The summed E-state index contributed by atoms with van der Waals surface area (Å²) in [6.45, 7) is 5.85. The second-order valence-electron chi connectivity index (χ2n) is 8.53. The van der Waals surface area contributed by atoms with Gasteiger partial charge in [0.25, 0.3) is 17.1 Å². The van der Waals surface area contributed by atoms with E-state index in [-0.39, 0.29) is 30.2 Å². The van der Waals surface area contributed by atoms with Gasteiger partial charge in [0.2, 0.25) is 0 Å². The quantitative estimate of drug-likeness (QED) is 0.326. The van der Waals surface area contributed by atoms with Crippen molar-refractivity contribution in [2.45, 2.75) is 27.3 Å². The Bertz CT molecular complexity index is 1390. The van der Waals surface area contributed by atoms with Crippen molar-refractivity contribution in [2.75, 3.05) is 11.9 Å². The van der Waals surface area contributed by atoms with E-state index in [0.29, 0.717) is 16.2 Å². The van der Waals surface area contributed by atoms with Crippen molar-refractivity contribution in [3.63, 3.8) is 0 Å². The average molecular weight is 565 g/mol. The number of carbonyl (C=O) groups excluding carboxylic acids is 3. The molecule has 0 aromatic heterocycles. The van der Waals surface area contributed by atoms with Crippen LogP contribution in [-0.2, 0) is 16.1 Å². The summed E-state index contributed by atoms with van der Waals surface area (Å²) in [6.07, 6.45) is 1.63. The number of rotatable bonds is 7. The molecule has 0 spiro atoms. The molecule has 0 bridgehead atoms. The number of imide groups is 1. The van der Waals surface area contributed by atoms with E-state index in [1.165, 1.54) is 4.90 Å². The van der Waals surface area contributed by atoms with Gasteiger partial charge in [-0.1, -0.05) is 52.3 Å².